The Morgan fingerprint density at radius 2 is 2.05 bits per heavy atom. The third-order valence-electron chi connectivity index (χ3n) is 2.58. The Hall–Kier alpha value is -2.44. The molecule has 1 amide bonds. The molecular weight excluding hydrogens is 252 g/mol. The van der Waals surface area contributed by atoms with Crippen molar-refractivity contribution in [2.24, 2.45) is 0 Å². The van der Waals surface area contributed by atoms with Crippen LogP contribution in [0.1, 0.15) is 15.9 Å². The SMILES string of the molecule is COC(=O)CN(C)C(=O)c1ccc([N+](=O)[O-])c(C)c1. The van der Waals surface area contributed by atoms with E-state index in [1.54, 1.807) is 6.92 Å². The molecule has 0 unspecified atom stereocenters. The molecule has 102 valence electrons. The Morgan fingerprint density at radius 3 is 2.53 bits per heavy atom. The molecule has 0 bridgehead atoms. The van der Waals surface area contributed by atoms with Gasteiger partial charge in [0, 0.05) is 24.2 Å². The van der Waals surface area contributed by atoms with E-state index in [9.17, 15) is 19.7 Å². The minimum atomic E-state index is -0.533. The second-order valence-corrected chi connectivity index (χ2v) is 4.00. The lowest BCUT2D eigenvalue weighted by molar-refractivity contribution is -0.385. The minimum absolute atomic E-state index is 0.0489. The van der Waals surface area contributed by atoms with E-state index < -0.39 is 16.8 Å². The van der Waals surface area contributed by atoms with Crippen LogP contribution < -0.4 is 0 Å². The lowest BCUT2D eigenvalue weighted by atomic mass is 10.1. The molecule has 0 aliphatic rings. The highest BCUT2D eigenvalue weighted by molar-refractivity contribution is 5.96. The first-order chi connectivity index (χ1) is 8.86. The number of hydrogen-bond acceptors (Lipinski definition) is 5. The number of esters is 1. The maximum atomic E-state index is 12.0. The van der Waals surface area contributed by atoms with Crippen molar-refractivity contribution in [3.05, 3.63) is 39.4 Å². The van der Waals surface area contributed by atoms with Gasteiger partial charge in [-0.05, 0) is 19.1 Å². The van der Waals surface area contributed by atoms with E-state index in [1.807, 2.05) is 0 Å². The van der Waals surface area contributed by atoms with Crippen LogP contribution in [0.3, 0.4) is 0 Å². The third-order valence-corrected chi connectivity index (χ3v) is 2.58. The summed E-state index contributed by atoms with van der Waals surface area (Å²) < 4.78 is 4.46. The van der Waals surface area contributed by atoms with Crippen molar-refractivity contribution in [2.45, 2.75) is 6.92 Å². The first-order valence-corrected chi connectivity index (χ1v) is 5.44. The van der Waals surface area contributed by atoms with Gasteiger partial charge in [-0.3, -0.25) is 19.7 Å². The predicted molar refractivity (Wildman–Crippen MR) is 66.8 cm³/mol. The van der Waals surface area contributed by atoms with Crippen LogP contribution in [0, 0.1) is 17.0 Å². The van der Waals surface area contributed by atoms with Crippen molar-refractivity contribution in [3.63, 3.8) is 0 Å². The molecular formula is C12H14N2O5. The summed E-state index contributed by atoms with van der Waals surface area (Å²) in [6.45, 7) is 1.38. The molecule has 0 heterocycles. The summed E-state index contributed by atoms with van der Waals surface area (Å²) in [6, 6.07) is 4.06. The standard InChI is InChI=1S/C12H14N2O5/c1-8-6-9(4-5-10(8)14(17)18)12(16)13(2)7-11(15)19-3/h4-6H,7H2,1-3H3. The van der Waals surface area contributed by atoms with E-state index in [-0.39, 0.29) is 17.8 Å². The van der Waals surface area contributed by atoms with Gasteiger partial charge in [-0.2, -0.15) is 0 Å². The monoisotopic (exact) mass is 266 g/mol. The maximum absolute atomic E-state index is 12.0. The van der Waals surface area contributed by atoms with Gasteiger partial charge in [-0.15, -0.1) is 0 Å². The van der Waals surface area contributed by atoms with Gasteiger partial charge in [0.1, 0.15) is 6.54 Å². The zero-order valence-corrected chi connectivity index (χ0v) is 10.9. The Morgan fingerprint density at radius 1 is 1.42 bits per heavy atom. The molecule has 0 aromatic heterocycles. The zero-order valence-electron chi connectivity index (χ0n) is 10.9. The highest BCUT2D eigenvalue weighted by Gasteiger charge is 2.18. The largest absolute Gasteiger partial charge is 0.468 e. The molecule has 0 atom stereocenters. The zero-order chi connectivity index (χ0) is 14.6. The number of nitro groups is 1. The number of ether oxygens (including phenoxy) is 1. The summed E-state index contributed by atoms with van der Waals surface area (Å²) in [6.07, 6.45) is 0. The number of aryl methyl sites for hydroxylation is 1. The fraction of sp³-hybridized carbons (Fsp3) is 0.333. The number of carbonyl (C=O) groups excluding carboxylic acids is 2. The van der Waals surface area contributed by atoms with Crippen molar-refractivity contribution in [1.82, 2.24) is 4.90 Å². The molecule has 1 aromatic rings. The van der Waals surface area contributed by atoms with Gasteiger partial charge in [0.05, 0.1) is 12.0 Å². The predicted octanol–water partition coefficient (Wildman–Crippen LogP) is 1.15. The number of rotatable bonds is 4. The van der Waals surface area contributed by atoms with Gasteiger partial charge in [0.2, 0.25) is 0 Å². The van der Waals surface area contributed by atoms with Gasteiger partial charge in [0.25, 0.3) is 11.6 Å². The highest BCUT2D eigenvalue weighted by atomic mass is 16.6. The number of hydrogen-bond donors (Lipinski definition) is 0. The van der Waals surface area contributed by atoms with E-state index in [0.717, 1.165) is 0 Å². The Bertz CT molecular complexity index is 527. The molecule has 0 fully saturated rings. The fourth-order valence-electron chi connectivity index (χ4n) is 1.54. The van der Waals surface area contributed by atoms with Crippen LogP contribution in [0.15, 0.2) is 18.2 Å². The van der Waals surface area contributed by atoms with Crippen molar-refractivity contribution < 1.29 is 19.2 Å². The van der Waals surface area contributed by atoms with Gasteiger partial charge < -0.3 is 9.64 Å². The van der Waals surface area contributed by atoms with Crippen LogP contribution in [0.4, 0.5) is 5.69 Å². The molecule has 19 heavy (non-hydrogen) atoms. The number of carbonyl (C=O) groups is 2. The molecule has 1 rings (SSSR count). The number of methoxy groups -OCH3 is 1. The van der Waals surface area contributed by atoms with Gasteiger partial charge >= 0.3 is 5.97 Å². The van der Waals surface area contributed by atoms with Crippen molar-refractivity contribution in [1.29, 1.82) is 0 Å². The van der Waals surface area contributed by atoms with Crippen molar-refractivity contribution in [3.8, 4) is 0 Å². The first-order valence-electron chi connectivity index (χ1n) is 5.44. The smallest absolute Gasteiger partial charge is 0.325 e. The summed E-state index contributed by atoms with van der Waals surface area (Å²) in [5, 5.41) is 10.7. The van der Waals surface area contributed by atoms with Crippen LogP contribution in [0.25, 0.3) is 0 Å². The molecule has 1 aromatic carbocycles. The van der Waals surface area contributed by atoms with E-state index >= 15 is 0 Å². The van der Waals surface area contributed by atoms with Crippen molar-refractivity contribution >= 4 is 17.6 Å². The molecule has 0 aliphatic carbocycles. The average Bonchev–Trinajstić information content (AvgIpc) is 2.36. The molecule has 0 saturated carbocycles. The minimum Gasteiger partial charge on any atom is -0.468 e. The van der Waals surface area contributed by atoms with Crippen LogP contribution >= 0.6 is 0 Å². The third kappa shape index (κ3) is 3.51. The van der Waals surface area contributed by atoms with Crippen LogP contribution in [-0.2, 0) is 9.53 Å². The quantitative estimate of drug-likeness (QED) is 0.463. The normalized spacial score (nSPS) is 9.84. The molecule has 7 nitrogen and oxygen atoms in total. The van der Waals surface area contributed by atoms with E-state index in [1.165, 1.54) is 37.3 Å². The second-order valence-electron chi connectivity index (χ2n) is 4.00. The lowest BCUT2D eigenvalue weighted by Gasteiger charge is -2.15. The van der Waals surface area contributed by atoms with E-state index in [4.69, 9.17) is 0 Å². The first kappa shape index (κ1) is 14.6. The molecule has 0 radical (unpaired) electrons. The molecule has 0 N–H and O–H groups in total. The Balaban J connectivity index is 2.92. The molecule has 7 heteroatoms. The Kier molecular flexibility index (Phi) is 4.57. The summed E-state index contributed by atoms with van der Waals surface area (Å²) in [5.41, 5.74) is 0.629. The van der Waals surface area contributed by atoms with Gasteiger partial charge in [0.15, 0.2) is 0 Å². The lowest BCUT2D eigenvalue weighted by Crippen LogP contribution is -2.32. The Labute approximate surface area is 109 Å². The van der Waals surface area contributed by atoms with Gasteiger partial charge in [-0.1, -0.05) is 0 Å². The van der Waals surface area contributed by atoms with Gasteiger partial charge in [-0.25, -0.2) is 0 Å². The molecule has 0 saturated heterocycles. The number of nitrogens with zero attached hydrogens (tertiary/aromatic N) is 2. The van der Waals surface area contributed by atoms with E-state index in [0.29, 0.717) is 5.56 Å². The second kappa shape index (κ2) is 5.94. The molecule has 0 aliphatic heterocycles. The topological polar surface area (TPSA) is 89.8 Å². The fourth-order valence-corrected chi connectivity index (χ4v) is 1.54. The molecule has 0 spiro atoms. The summed E-state index contributed by atoms with van der Waals surface area (Å²) >= 11 is 0. The summed E-state index contributed by atoms with van der Waals surface area (Å²) in [5.74, 6) is -0.933. The van der Waals surface area contributed by atoms with Crippen molar-refractivity contribution in [2.75, 3.05) is 20.7 Å². The van der Waals surface area contributed by atoms with E-state index in [2.05, 4.69) is 4.74 Å². The maximum Gasteiger partial charge on any atom is 0.325 e. The van der Waals surface area contributed by atoms with Crippen LogP contribution in [0.2, 0.25) is 0 Å². The number of amides is 1. The van der Waals surface area contributed by atoms with Crippen LogP contribution in [0.5, 0.6) is 0 Å². The summed E-state index contributed by atoms with van der Waals surface area (Å²) in [4.78, 5) is 34.4. The number of benzene rings is 1. The highest BCUT2D eigenvalue weighted by Crippen LogP contribution is 2.19. The number of likely N-dealkylation sites (N-methyl/N-ethyl adjacent to an activating group) is 1. The number of nitro benzene ring substituents is 1. The van der Waals surface area contributed by atoms with Crippen LogP contribution in [-0.4, -0.2) is 42.4 Å². The summed E-state index contributed by atoms with van der Waals surface area (Å²) in [7, 11) is 2.69. The average molecular weight is 266 g/mol.